The molecule has 1 aromatic carbocycles. The van der Waals surface area contributed by atoms with E-state index in [0.717, 1.165) is 11.1 Å². The number of hydrogen-bond acceptors (Lipinski definition) is 5. The minimum atomic E-state index is -1.30. The van der Waals surface area contributed by atoms with Gasteiger partial charge in [0.2, 0.25) is 17.7 Å². The first-order valence-corrected chi connectivity index (χ1v) is 12.1. The van der Waals surface area contributed by atoms with Crippen LogP contribution in [0, 0.1) is 13.8 Å². The Morgan fingerprint density at radius 1 is 1.03 bits per heavy atom. The van der Waals surface area contributed by atoms with Crippen molar-refractivity contribution in [1.82, 2.24) is 15.5 Å². The van der Waals surface area contributed by atoms with E-state index < -0.39 is 42.0 Å². The molecule has 1 aromatic rings. The van der Waals surface area contributed by atoms with Crippen LogP contribution in [-0.4, -0.2) is 52.4 Å². The van der Waals surface area contributed by atoms with E-state index in [1.54, 1.807) is 20.8 Å². The zero-order valence-electron chi connectivity index (χ0n) is 22.5. The molecule has 9 heteroatoms. The molecule has 0 saturated heterocycles. The van der Waals surface area contributed by atoms with Gasteiger partial charge in [-0.1, -0.05) is 25.1 Å². The Labute approximate surface area is 209 Å². The SMILES string of the molecule is CCC(C)N(C(=O)C(CC(N)=O)NC(=O)OC(C)(C)C)C(C(=O)NC(C)C)c1c(C)cccc1C. The van der Waals surface area contributed by atoms with E-state index in [2.05, 4.69) is 10.6 Å². The number of aryl methyl sites for hydroxylation is 2. The predicted molar refractivity (Wildman–Crippen MR) is 136 cm³/mol. The number of benzene rings is 1. The number of ether oxygens (including phenoxy) is 1. The van der Waals surface area contributed by atoms with Gasteiger partial charge < -0.3 is 26.0 Å². The molecule has 3 atom stereocenters. The predicted octanol–water partition coefficient (Wildman–Crippen LogP) is 3.26. The van der Waals surface area contributed by atoms with Crippen LogP contribution in [0.25, 0.3) is 0 Å². The van der Waals surface area contributed by atoms with Gasteiger partial charge in [-0.05, 0) is 78.5 Å². The maximum absolute atomic E-state index is 14.0. The Morgan fingerprint density at radius 2 is 1.57 bits per heavy atom. The number of carbonyl (C=O) groups excluding carboxylic acids is 4. The Balaban J connectivity index is 3.64. The van der Waals surface area contributed by atoms with Gasteiger partial charge in [0.1, 0.15) is 17.7 Å². The fourth-order valence-electron chi connectivity index (χ4n) is 3.85. The number of rotatable bonds is 10. The van der Waals surface area contributed by atoms with Crippen LogP contribution in [0.3, 0.4) is 0 Å². The summed E-state index contributed by atoms with van der Waals surface area (Å²) in [4.78, 5) is 53.4. The summed E-state index contributed by atoms with van der Waals surface area (Å²) in [6, 6.07) is 2.84. The molecule has 0 aliphatic carbocycles. The van der Waals surface area contributed by atoms with Gasteiger partial charge >= 0.3 is 6.09 Å². The summed E-state index contributed by atoms with van der Waals surface area (Å²) in [6.45, 7) is 16.3. The van der Waals surface area contributed by atoms with Crippen LogP contribution in [0.15, 0.2) is 18.2 Å². The van der Waals surface area contributed by atoms with Crippen LogP contribution >= 0.6 is 0 Å². The van der Waals surface area contributed by atoms with Gasteiger partial charge in [0.05, 0.1) is 6.42 Å². The van der Waals surface area contributed by atoms with Crippen LogP contribution in [0.1, 0.15) is 84.0 Å². The van der Waals surface area contributed by atoms with Gasteiger partial charge in [-0.25, -0.2) is 4.79 Å². The van der Waals surface area contributed by atoms with Gasteiger partial charge in [-0.15, -0.1) is 0 Å². The van der Waals surface area contributed by atoms with Crippen LogP contribution < -0.4 is 16.4 Å². The summed E-state index contributed by atoms with van der Waals surface area (Å²) in [7, 11) is 0. The molecule has 196 valence electrons. The van der Waals surface area contributed by atoms with Gasteiger partial charge in [0.25, 0.3) is 0 Å². The van der Waals surface area contributed by atoms with Crippen molar-refractivity contribution in [2.75, 3.05) is 0 Å². The van der Waals surface area contributed by atoms with Crippen molar-refractivity contribution in [3.05, 3.63) is 34.9 Å². The van der Waals surface area contributed by atoms with Crippen molar-refractivity contribution in [3.8, 4) is 0 Å². The van der Waals surface area contributed by atoms with Crippen molar-refractivity contribution in [1.29, 1.82) is 0 Å². The van der Waals surface area contributed by atoms with Crippen LogP contribution in [0.2, 0.25) is 0 Å². The number of amides is 4. The molecule has 0 aliphatic rings. The molecule has 3 unspecified atom stereocenters. The molecule has 0 fully saturated rings. The minimum Gasteiger partial charge on any atom is -0.444 e. The largest absolute Gasteiger partial charge is 0.444 e. The number of nitrogens with two attached hydrogens (primary N) is 1. The van der Waals surface area contributed by atoms with Crippen molar-refractivity contribution in [2.45, 2.75) is 105 Å². The first-order valence-electron chi connectivity index (χ1n) is 12.1. The number of alkyl carbamates (subject to hydrolysis) is 1. The second-order valence-corrected chi connectivity index (χ2v) is 10.2. The third-order valence-electron chi connectivity index (χ3n) is 5.49. The van der Waals surface area contributed by atoms with Gasteiger partial charge in [0.15, 0.2) is 0 Å². The number of primary amides is 1. The highest BCUT2D eigenvalue weighted by molar-refractivity contribution is 5.95. The second-order valence-electron chi connectivity index (χ2n) is 10.2. The lowest BCUT2D eigenvalue weighted by Gasteiger charge is -2.39. The molecule has 0 spiro atoms. The molecule has 4 N–H and O–H groups in total. The number of nitrogens with zero attached hydrogens (tertiary/aromatic N) is 1. The van der Waals surface area contributed by atoms with E-state index in [-0.39, 0.29) is 18.0 Å². The molecule has 0 saturated carbocycles. The quantitative estimate of drug-likeness (QED) is 0.463. The third-order valence-corrected chi connectivity index (χ3v) is 5.49. The molecule has 0 radical (unpaired) electrons. The molecule has 35 heavy (non-hydrogen) atoms. The van der Waals surface area contributed by atoms with E-state index >= 15 is 0 Å². The molecule has 0 aromatic heterocycles. The third kappa shape index (κ3) is 8.88. The maximum atomic E-state index is 14.0. The topological polar surface area (TPSA) is 131 Å². The molecular formula is C26H42N4O5. The first kappa shape index (κ1) is 29.9. The Bertz CT molecular complexity index is 903. The maximum Gasteiger partial charge on any atom is 0.408 e. The second kappa shape index (κ2) is 12.6. The van der Waals surface area contributed by atoms with Crippen LogP contribution in [-0.2, 0) is 19.1 Å². The summed E-state index contributed by atoms with van der Waals surface area (Å²) in [5.41, 5.74) is 7.02. The van der Waals surface area contributed by atoms with E-state index in [4.69, 9.17) is 10.5 Å². The van der Waals surface area contributed by atoms with E-state index in [1.807, 2.05) is 59.7 Å². The Kier molecular flexibility index (Phi) is 10.7. The number of nitrogens with one attached hydrogen (secondary N) is 2. The van der Waals surface area contributed by atoms with Gasteiger partial charge in [-0.2, -0.15) is 0 Å². The van der Waals surface area contributed by atoms with Crippen molar-refractivity contribution < 1.29 is 23.9 Å². The van der Waals surface area contributed by atoms with Crippen LogP contribution in [0.4, 0.5) is 4.79 Å². The lowest BCUT2D eigenvalue weighted by molar-refractivity contribution is -0.146. The zero-order valence-corrected chi connectivity index (χ0v) is 22.5. The van der Waals surface area contributed by atoms with E-state index in [0.29, 0.717) is 12.0 Å². The summed E-state index contributed by atoms with van der Waals surface area (Å²) in [5.74, 6) is -1.70. The highest BCUT2D eigenvalue weighted by Gasteiger charge is 2.40. The standard InChI is InChI=1S/C26H42N4O5/c1-10-18(6)30(24(33)19(14-20(27)31)29-25(34)35-26(7,8)9)22(23(32)28-15(2)3)21-16(4)12-11-13-17(21)5/h11-13,15,18-19,22H,10,14H2,1-9H3,(H2,27,31)(H,28,32)(H,29,34). The molecule has 0 aliphatic heterocycles. The fraction of sp³-hybridized carbons (Fsp3) is 0.615. The van der Waals surface area contributed by atoms with Crippen LogP contribution in [0.5, 0.6) is 0 Å². The van der Waals surface area contributed by atoms with E-state index in [1.165, 1.54) is 4.90 Å². The van der Waals surface area contributed by atoms with Gasteiger partial charge in [-0.3, -0.25) is 14.4 Å². The molecule has 0 bridgehead atoms. The number of hydrogen-bond donors (Lipinski definition) is 3. The molecule has 4 amide bonds. The lowest BCUT2D eigenvalue weighted by Crippen LogP contribution is -2.56. The number of carbonyl (C=O) groups is 4. The van der Waals surface area contributed by atoms with Crippen molar-refractivity contribution >= 4 is 23.8 Å². The normalized spacial score (nSPS) is 14.0. The average Bonchev–Trinajstić information content (AvgIpc) is 2.69. The molecular weight excluding hydrogens is 448 g/mol. The molecule has 1 rings (SSSR count). The Morgan fingerprint density at radius 3 is 2.00 bits per heavy atom. The average molecular weight is 491 g/mol. The summed E-state index contributed by atoms with van der Waals surface area (Å²) < 4.78 is 5.30. The Hall–Kier alpha value is -3.10. The first-order chi connectivity index (χ1) is 16.1. The van der Waals surface area contributed by atoms with Crippen molar-refractivity contribution in [3.63, 3.8) is 0 Å². The zero-order chi connectivity index (χ0) is 27.1. The smallest absolute Gasteiger partial charge is 0.408 e. The highest BCUT2D eigenvalue weighted by atomic mass is 16.6. The summed E-state index contributed by atoms with van der Waals surface area (Å²) in [6.07, 6.45) is -0.745. The monoisotopic (exact) mass is 490 g/mol. The summed E-state index contributed by atoms with van der Waals surface area (Å²) in [5, 5.41) is 5.42. The fourth-order valence-corrected chi connectivity index (χ4v) is 3.85. The highest BCUT2D eigenvalue weighted by Crippen LogP contribution is 2.31. The molecule has 9 nitrogen and oxygen atoms in total. The minimum absolute atomic E-state index is 0.162. The van der Waals surface area contributed by atoms with Gasteiger partial charge in [0, 0.05) is 12.1 Å². The van der Waals surface area contributed by atoms with E-state index in [9.17, 15) is 19.2 Å². The summed E-state index contributed by atoms with van der Waals surface area (Å²) >= 11 is 0. The van der Waals surface area contributed by atoms with Crippen molar-refractivity contribution in [2.24, 2.45) is 5.73 Å². The molecule has 0 heterocycles. The lowest BCUT2D eigenvalue weighted by atomic mass is 9.92.